The molecule has 5 nitrogen and oxygen atoms in total. The van der Waals surface area contributed by atoms with Crippen molar-refractivity contribution in [3.8, 4) is 11.5 Å². The third-order valence-corrected chi connectivity index (χ3v) is 2.67. The molecule has 0 unspecified atom stereocenters. The number of ether oxygens (including phenoxy) is 2. The first-order valence-electron chi connectivity index (χ1n) is 6.02. The molecule has 1 amide bonds. The Labute approximate surface area is 119 Å². The zero-order valence-corrected chi connectivity index (χ0v) is 11.6. The highest BCUT2D eigenvalue weighted by molar-refractivity contribution is 5.99. The van der Waals surface area contributed by atoms with Crippen LogP contribution in [0.5, 0.6) is 11.5 Å². The van der Waals surface area contributed by atoms with Gasteiger partial charge in [-0.3, -0.25) is 4.79 Å². The van der Waals surface area contributed by atoms with E-state index in [0.717, 1.165) is 0 Å². The molecule has 0 aliphatic carbocycles. The summed E-state index contributed by atoms with van der Waals surface area (Å²) in [5.74, 6) is -0.718. The number of alkyl halides is 3. The largest absolute Gasteiger partial charge is 0.496 e. The van der Waals surface area contributed by atoms with Gasteiger partial charge in [0.2, 0.25) is 0 Å². The average molecular weight is 307 g/mol. The summed E-state index contributed by atoms with van der Waals surface area (Å²) in [7, 11) is 2.59. The number of carbonyl (C=O) groups excluding carboxylic acids is 1. The van der Waals surface area contributed by atoms with Crippen molar-refractivity contribution in [2.45, 2.75) is 6.18 Å². The second-order valence-corrected chi connectivity index (χ2v) is 4.10. The molecule has 0 spiro atoms. The Bertz CT molecular complexity index is 469. The lowest BCUT2D eigenvalue weighted by atomic mass is 10.1. The summed E-state index contributed by atoms with van der Waals surface area (Å²) in [6, 6.07) is 4.44. The van der Waals surface area contributed by atoms with Gasteiger partial charge in [-0.25, -0.2) is 0 Å². The fraction of sp³-hybridized carbons (Fsp3) is 0.462. The van der Waals surface area contributed by atoms with Crippen molar-refractivity contribution in [3.05, 3.63) is 23.8 Å². The molecule has 0 aliphatic rings. The number of aliphatic hydroxyl groups is 1. The third kappa shape index (κ3) is 4.52. The van der Waals surface area contributed by atoms with E-state index in [4.69, 9.17) is 14.6 Å². The number of aliphatic hydroxyl groups excluding tert-OH is 1. The van der Waals surface area contributed by atoms with Crippen molar-refractivity contribution in [2.24, 2.45) is 0 Å². The molecule has 0 aromatic heterocycles. The number of carbonyl (C=O) groups is 1. The normalized spacial score (nSPS) is 11.1. The van der Waals surface area contributed by atoms with Gasteiger partial charge in [0, 0.05) is 6.54 Å². The number of benzene rings is 1. The fourth-order valence-corrected chi connectivity index (χ4v) is 1.81. The molecule has 0 saturated carbocycles. The van der Waals surface area contributed by atoms with E-state index in [1.165, 1.54) is 26.4 Å². The summed E-state index contributed by atoms with van der Waals surface area (Å²) in [6.45, 7) is -2.49. The monoisotopic (exact) mass is 307 g/mol. The Morgan fingerprint density at radius 1 is 1.24 bits per heavy atom. The fourth-order valence-electron chi connectivity index (χ4n) is 1.81. The Morgan fingerprint density at radius 2 is 1.76 bits per heavy atom. The molecular weight excluding hydrogens is 291 g/mol. The first-order chi connectivity index (χ1) is 9.84. The highest BCUT2D eigenvalue weighted by Gasteiger charge is 2.34. The van der Waals surface area contributed by atoms with Crippen LogP contribution in [-0.2, 0) is 0 Å². The summed E-state index contributed by atoms with van der Waals surface area (Å²) in [6.07, 6.45) is -4.57. The number of methoxy groups -OCH3 is 2. The lowest BCUT2D eigenvalue weighted by molar-refractivity contribution is -0.141. The van der Waals surface area contributed by atoms with Crippen LogP contribution in [-0.4, -0.2) is 56.0 Å². The summed E-state index contributed by atoms with van der Waals surface area (Å²) in [5, 5.41) is 8.86. The van der Waals surface area contributed by atoms with E-state index in [0.29, 0.717) is 4.90 Å². The Kier molecular flexibility index (Phi) is 5.83. The molecular formula is C13H16F3NO4. The standard InChI is InChI=1S/C13H16F3NO4/c1-20-9-4-3-5-10(21-2)11(9)12(19)17(6-7-18)8-13(14,15)16/h3-5,18H,6-8H2,1-2H3. The maximum absolute atomic E-state index is 12.5. The summed E-state index contributed by atoms with van der Waals surface area (Å²) in [4.78, 5) is 12.8. The third-order valence-electron chi connectivity index (χ3n) is 2.67. The van der Waals surface area contributed by atoms with E-state index >= 15 is 0 Å². The number of amides is 1. The second kappa shape index (κ2) is 7.16. The van der Waals surface area contributed by atoms with Crippen molar-refractivity contribution in [3.63, 3.8) is 0 Å². The predicted molar refractivity (Wildman–Crippen MR) is 68.6 cm³/mol. The van der Waals surface area contributed by atoms with Crippen LogP contribution in [0, 0.1) is 0 Å². The van der Waals surface area contributed by atoms with Crippen LogP contribution in [0.2, 0.25) is 0 Å². The van der Waals surface area contributed by atoms with Crippen molar-refractivity contribution in [1.29, 1.82) is 0 Å². The maximum Gasteiger partial charge on any atom is 0.406 e. The van der Waals surface area contributed by atoms with Gasteiger partial charge in [-0.05, 0) is 12.1 Å². The number of rotatable bonds is 6. The van der Waals surface area contributed by atoms with Crippen molar-refractivity contribution in [1.82, 2.24) is 4.90 Å². The van der Waals surface area contributed by atoms with Crippen molar-refractivity contribution >= 4 is 5.91 Å². The van der Waals surface area contributed by atoms with Crippen LogP contribution in [0.15, 0.2) is 18.2 Å². The highest BCUT2D eigenvalue weighted by atomic mass is 19.4. The van der Waals surface area contributed by atoms with E-state index in [1.54, 1.807) is 6.07 Å². The number of hydrogen-bond acceptors (Lipinski definition) is 4. The lowest BCUT2D eigenvalue weighted by Gasteiger charge is -2.24. The van der Waals surface area contributed by atoms with Crippen LogP contribution in [0.25, 0.3) is 0 Å². The van der Waals surface area contributed by atoms with E-state index in [2.05, 4.69) is 0 Å². The second-order valence-electron chi connectivity index (χ2n) is 4.10. The first-order valence-corrected chi connectivity index (χ1v) is 6.02. The minimum Gasteiger partial charge on any atom is -0.496 e. The minimum atomic E-state index is -4.57. The number of halogens is 3. The molecule has 8 heteroatoms. The van der Waals surface area contributed by atoms with Gasteiger partial charge in [0.1, 0.15) is 23.6 Å². The van der Waals surface area contributed by atoms with Gasteiger partial charge in [-0.1, -0.05) is 6.07 Å². The zero-order valence-electron chi connectivity index (χ0n) is 11.6. The van der Waals surface area contributed by atoms with Gasteiger partial charge in [0.05, 0.1) is 20.8 Å². The van der Waals surface area contributed by atoms with Crippen LogP contribution < -0.4 is 9.47 Å². The van der Waals surface area contributed by atoms with E-state index in [1.807, 2.05) is 0 Å². The van der Waals surface area contributed by atoms with E-state index in [-0.39, 0.29) is 17.1 Å². The smallest absolute Gasteiger partial charge is 0.406 e. The summed E-state index contributed by atoms with van der Waals surface area (Å²) < 4.78 is 47.6. The molecule has 1 N–H and O–H groups in total. The average Bonchev–Trinajstić information content (AvgIpc) is 2.43. The maximum atomic E-state index is 12.5. The first kappa shape index (κ1) is 17.1. The molecule has 0 bridgehead atoms. The number of hydrogen-bond donors (Lipinski definition) is 1. The van der Waals surface area contributed by atoms with E-state index < -0.39 is 31.8 Å². The van der Waals surface area contributed by atoms with Crippen molar-refractivity contribution < 1.29 is 32.5 Å². The summed E-state index contributed by atoms with van der Waals surface area (Å²) in [5.41, 5.74) is -0.111. The van der Waals surface area contributed by atoms with Crippen molar-refractivity contribution in [2.75, 3.05) is 33.9 Å². The van der Waals surface area contributed by atoms with Crippen LogP contribution in [0.4, 0.5) is 13.2 Å². The van der Waals surface area contributed by atoms with Crippen LogP contribution in [0.3, 0.4) is 0 Å². The molecule has 118 valence electrons. The Hall–Kier alpha value is -1.96. The van der Waals surface area contributed by atoms with Crippen LogP contribution in [0.1, 0.15) is 10.4 Å². The molecule has 1 aromatic rings. The van der Waals surface area contributed by atoms with E-state index in [9.17, 15) is 18.0 Å². The predicted octanol–water partition coefficient (Wildman–Crippen LogP) is 1.70. The zero-order chi connectivity index (χ0) is 16.0. The SMILES string of the molecule is COc1cccc(OC)c1C(=O)N(CCO)CC(F)(F)F. The number of nitrogens with zero attached hydrogens (tertiary/aromatic N) is 1. The lowest BCUT2D eigenvalue weighted by Crippen LogP contribution is -2.40. The van der Waals surface area contributed by atoms with Gasteiger partial charge >= 0.3 is 6.18 Å². The minimum absolute atomic E-state index is 0.101. The highest BCUT2D eigenvalue weighted by Crippen LogP contribution is 2.30. The van der Waals surface area contributed by atoms with Gasteiger partial charge in [0.25, 0.3) is 5.91 Å². The molecule has 21 heavy (non-hydrogen) atoms. The molecule has 0 aliphatic heterocycles. The summed E-state index contributed by atoms with van der Waals surface area (Å²) >= 11 is 0. The Balaban J connectivity index is 3.19. The molecule has 1 rings (SSSR count). The van der Waals surface area contributed by atoms with Gasteiger partial charge in [-0.15, -0.1) is 0 Å². The molecule has 0 heterocycles. The Morgan fingerprint density at radius 3 is 2.14 bits per heavy atom. The molecule has 1 aromatic carbocycles. The molecule has 0 atom stereocenters. The topological polar surface area (TPSA) is 59.0 Å². The van der Waals surface area contributed by atoms with Gasteiger partial charge in [-0.2, -0.15) is 13.2 Å². The molecule has 0 saturated heterocycles. The van der Waals surface area contributed by atoms with Crippen LogP contribution >= 0.6 is 0 Å². The quantitative estimate of drug-likeness (QED) is 0.869. The van der Waals surface area contributed by atoms with Gasteiger partial charge < -0.3 is 19.5 Å². The molecule has 0 radical (unpaired) electrons. The van der Waals surface area contributed by atoms with Gasteiger partial charge in [0.15, 0.2) is 0 Å². The molecule has 0 fully saturated rings.